The van der Waals surface area contributed by atoms with E-state index in [9.17, 15) is 4.79 Å². The van der Waals surface area contributed by atoms with Gasteiger partial charge in [-0.2, -0.15) is 0 Å². The lowest BCUT2D eigenvalue weighted by Gasteiger charge is -2.15. The summed E-state index contributed by atoms with van der Waals surface area (Å²) in [6.07, 6.45) is 3.33. The lowest BCUT2D eigenvalue weighted by atomic mass is 9.88. The molecule has 0 bridgehead atoms. The summed E-state index contributed by atoms with van der Waals surface area (Å²) in [5, 5.41) is 0. The van der Waals surface area contributed by atoms with Crippen molar-refractivity contribution in [2.45, 2.75) is 44.9 Å². The minimum absolute atomic E-state index is 0.206. The Morgan fingerprint density at radius 2 is 1.89 bits per heavy atom. The van der Waals surface area contributed by atoms with Crippen LogP contribution in [0, 0.1) is 5.92 Å². The molecule has 0 N–H and O–H groups in total. The molecule has 96 valence electrons. The lowest BCUT2D eigenvalue weighted by molar-refractivity contribution is -0.120. The van der Waals surface area contributed by atoms with Gasteiger partial charge in [0.2, 0.25) is 0 Å². The smallest absolute Gasteiger partial charge is 0.148 e. The summed E-state index contributed by atoms with van der Waals surface area (Å²) >= 11 is 5.33. The fourth-order valence-electron chi connectivity index (χ4n) is 2.49. The van der Waals surface area contributed by atoms with Gasteiger partial charge < -0.3 is 0 Å². The van der Waals surface area contributed by atoms with Gasteiger partial charge in [0.05, 0.1) is 5.41 Å². The Kier molecular flexibility index (Phi) is 3.96. The molecular formula is C16H20OS. The van der Waals surface area contributed by atoms with E-state index in [0.29, 0.717) is 18.1 Å². The number of carbonyl (C=O) groups is 1. The third-order valence-corrected chi connectivity index (χ3v) is 3.91. The second-order valence-corrected chi connectivity index (χ2v) is 6.26. The van der Waals surface area contributed by atoms with Crippen LogP contribution in [0.2, 0.25) is 0 Å². The normalized spacial score (nSPS) is 16.6. The van der Waals surface area contributed by atoms with Crippen LogP contribution in [-0.2, 0) is 10.2 Å². The zero-order valence-corrected chi connectivity index (χ0v) is 11.9. The van der Waals surface area contributed by atoms with E-state index in [4.69, 9.17) is 12.2 Å². The predicted octanol–water partition coefficient (Wildman–Crippen LogP) is 4.09. The highest BCUT2D eigenvalue weighted by Crippen LogP contribution is 2.49. The van der Waals surface area contributed by atoms with Crippen LogP contribution in [-0.4, -0.2) is 10.6 Å². The molecule has 0 unspecified atom stereocenters. The molecule has 0 aliphatic heterocycles. The molecule has 0 radical (unpaired) electrons. The fourth-order valence-corrected chi connectivity index (χ4v) is 2.95. The second-order valence-electron chi connectivity index (χ2n) is 5.68. The molecule has 1 nitrogen and oxygen atoms in total. The van der Waals surface area contributed by atoms with Gasteiger partial charge in [-0.05, 0) is 30.7 Å². The van der Waals surface area contributed by atoms with Crippen molar-refractivity contribution < 1.29 is 4.79 Å². The zero-order chi connectivity index (χ0) is 13.2. The number of Topliss-reactive ketones (excluding diaryl/α,β-unsaturated/α-hetero) is 1. The van der Waals surface area contributed by atoms with E-state index in [2.05, 4.69) is 26.0 Å². The second kappa shape index (κ2) is 5.31. The maximum Gasteiger partial charge on any atom is 0.148 e. The summed E-state index contributed by atoms with van der Waals surface area (Å²) in [6, 6.07) is 10.1. The van der Waals surface area contributed by atoms with Crippen molar-refractivity contribution >= 4 is 22.9 Å². The molecule has 2 rings (SSSR count). The van der Waals surface area contributed by atoms with E-state index in [0.717, 1.165) is 24.1 Å². The van der Waals surface area contributed by atoms with Crippen LogP contribution in [0.3, 0.4) is 0 Å². The number of thiocarbonyl (C=S) groups is 1. The average molecular weight is 260 g/mol. The number of hydrogen-bond donors (Lipinski definition) is 0. The average Bonchev–Trinajstić information content (AvgIpc) is 3.10. The van der Waals surface area contributed by atoms with Gasteiger partial charge in [-0.25, -0.2) is 0 Å². The highest BCUT2D eigenvalue weighted by molar-refractivity contribution is 7.80. The van der Waals surface area contributed by atoms with Crippen LogP contribution in [0.25, 0.3) is 0 Å². The number of rotatable bonds is 6. The van der Waals surface area contributed by atoms with Crippen molar-refractivity contribution in [2.75, 3.05) is 0 Å². The molecular weight excluding hydrogens is 240 g/mol. The summed E-state index contributed by atoms with van der Waals surface area (Å²) < 4.78 is 0. The minimum Gasteiger partial charge on any atom is -0.298 e. The van der Waals surface area contributed by atoms with Crippen molar-refractivity contribution in [1.29, 1.82) is 0 Å². The number of carbonyl (C=O) groups excluding carboxylic acids is 1. The molecule has 0 aromatic heterocycles. The predicted molar refractivity (Wildman–Crippen MR) is 79.0 cm³/mol. The van der Waals surface area contributed by atoms with E-state index in [-0.39, 0.29) is 5.41 Å². The molecule has 18 heavy (non-hydrogen) atoms. The Morgan fingerprint density at radius 3 is 2.39 bits per heavy atom. The van der Waals surface area contributed by atoms with Crippen LogP contribution in [0.1, 0.15) is 45.1 Å². The molecule has 0 heterocycles. The summed E-state index contributed by atoms with van der Waals surface area (Å²) in [4.78, 5) is 13.3. The molecule has 1 aromatic rings. The third kappa shape index (κ3) is 2.86. The Morgan fingerprint density at radius 1 is 1.28 bits per heavy atom. The summed E-state index contributed by atoms with van der Waals surface area (Å²) in [7, 11) is 0. The highest BCUT2D eigenvalue weighted by Gasteiger charge is 2.50. The monoisotopic (exact) mass is 260 g/mol. The summed E-state index contributed by atoms with van der Waals surface area (Å²) in [6.45, 7) is 4.28. The van der Waals surface area contributed by atoms with E-state index < -0.39 is 0 Å². The van der Waals surface area contributed by atoms with Gasteiger partial charge in [0.1, 0.15) is 5.78 Å². The maximum atomic E-state index is 12.4. The van der Waals surface area contributed by atoms with E-state index in [1.165, 1.54) is 5.56 Å². The molecule has 0 atom stereocenters. The molecule has 1 aliphatic carbocycles. The standard InChI is InChI=1S/C16H20OS/c1-12(2)10-14(18)11-15(17)16(8-9-16)13-6-4-3-5-7-13/h3-7,12H,8-11H2,1-2H3. The SMILES string of the molecule is CC(C)CC(=S)CC(=O)C1(c2ccccc2)CC1. The molecule has 1 aromatic carbocycles. The maximum absolute atomic E-state index is 12.4. The largest absolute Gasteiger partial charge is 0.298 e. The minimum atomic E-state index is -0.206. The van der Waals surface area contributed by atoms with Gasteiger partial charge >= 0.3 is 0 Å². The first kappa shape index (κ1) is 13.4. The van der Waals surface area contributed by atoms with E-state index in [1.54, 1.807) is 0 Å². The highest BCUT2D eigenvalue weighted by atomic mass is 32.1. The Bertz CT molecular complexity index is 443. The molecule has 0 saturated heterocycles. The number of benzene rings is 1. The Hall–Kier alpha value is -1.02. The topological polar surface area (TPSA) is 17.1 Å². The van der Waals surface area contributed by atoms with Gasteiger partial charge in [0.25, 0.3) is 0 Å². The van der Waals surface area contributed by atoms with Crippen molar-refractivity contribution in [3.63, 3.8) is 0 Å². The first-order valence-corrected chi connectivity index (χ1v) is 7.06. The van der Waals surface area contributed by atoms with Crippen LogP contribution in [0.5, 0.6) is 0 Å². The van der Waals surface area contributed by atoms with E-state index in [1.807, 2.05) is 18.2 Å². The van der Waals surface area contributed by atoms with Crippen molar-refractivity contribution in [1.82, 2.24) is 0 Å². The first-order chi connectivity index (χ1) is 8.54. The summed E-state index contributed by atoms with van der Waals surface area (Å²) in [5.41, 5.74) is 0.963. The first-order valence-electron chi connectivity index (χ1n) is 6.65. The van der Waals surface area contributed by atoms with Crippen LogP contribution in [0.15, 0.2) is 30.3 Å². The van der Waals surface area contributed by atoms with Gasteiger partial charge in [-0.3, -0.25) is 4.79 Å². The number of ketones is 1. The molecule has 1 saturated carbocycles. The van der Waals surface area contributed by atoms with Crippen molar-refractivity contribution in [3.05, 3.63) is 35.9 Å². The fraction of sp³-hybridized carbons (Fsp3) is 0.500. The number of hydrogen-bond acceptors (Lipinski definition) is 2. The molecule has 1 aliphatic rings. The molecule has 0 spiro atoms. The third-order valence-electron chi connectivity index (χ3n) is 3.60. The molecule has 1 fully saturated rings. The van der Waals surface area contributed by atoms with Crippen LogP contribution < -0.4 is 0 Å². The quantitative estimate of drug-likeness (QED) is 0.716. The van der Waals surface area contributed by atoms with Crippen molar-refractivity contribution in [2.24, 2.45) is 5.92 Å². The van der Waals surface area contributed by atoms with Crippen LogP contribution in [0.4, 0.5) is 0 Å². The van der Waals surface area contributed by atoms with E-state index >= 15 is 0 Å². The van der Waals surface area contributed by atoms with Gasteiger partial charge in [-0.1, -0.05) is 56.4 Å². The van der Waals surface area contributed by atoms with Crippen molar-refractivity contribution in [3.8, 4) is 0 Å². The molecule has 0 amide bonds. The Labute approximate surface area is 115 Å². The van der Waals surface area contributed by atoms with Gasteiger partial charge in [0, 0.05) is 11.3 Å². The Balaban J connectivity index is 2.04. The summed E-state index contributed by atoms with van der Waals surface area (Å²) in [5.74, 6) is 0.858. The lowest BCUT2D eigenvalue weighted by Crippen LogP contribution is -2.23. The molecule has 2 heteroatoms. The van der Waals surface area contributed by atoms with Crippen LogP contribution >= 0.6 is 12.2 Å². The zero-order valence-electron chi connectivity index (χ0n) is 11.1. The van der Waals surface area contributed by atoms with Gasteiger partial charge in [-0.15, -0.1) is 0 Å². The van der Waals surface area contributed by atoms with Gasteiger partial charge in [0.15, 0.2) is 0 Å².